The first-order chi connectivity index (χ1) is 12.8. The monoisotopic (exact) mass is 362 g/mol. The van der Waals surface area contributed by atoms with E-state index in [1.807, 2.05) is 30.3 Å². The average Bonchev–Trinajstić information content (AvgIpc) is 2.67. The summed E-state index contributed by atoms with van der Waals surface area (Å²) >= 11 is 0. The lowest BCUT2D eigenvalue weighted by molar-refractivity contribution is -0.145. The van der Waals surface area contributed by atoms with Gasteiger partial charge in [-0.1, -0.05) is 88.6 Å². The predicted molar refractivity (Wildman–Crippen MR) is 108 cm³/mol. The van der Waals surface area contributed by atoms with Gasteiger partial charge in [0.15, 0.2) is 0 Å². The van der Waals surface area contributed by atoms with Crippen LogP contribution < -0.4 is 0 Å². The molecule has 0 radical (unpaired) electrons. The van der Waals surface area contributed by atoms with E-state index in [4.69, 9.17) is 4.74 Å². The summed E-state index contributed by atoms with van der Waals surface area (Å²) in [4.78, 5) is 11.8. The zero-order valence-corrected chi connectivity index (χ0v) is 16.6. The molecule has 1 N–H and O–H groups in total. The molecular formula is C23H38O3. The van der Waals surface area contributed by atoms with E-state index in [-0.39, 0.29) is 12.6 Å². The third-order valence-corrected chi connectivity index (χ3v) is 4.96. The number of hydrogen-bond donors (Lipinski definition) is 1. The lowest BCUT2D eigenvalue weighted by atomic mass is 9.95. The smallest absolute Gasteiger partial charge is 0.306 e. The zero-order valence-electron chi connectivity index (χ0n) is 16.6. The number of hydrogen-bond acceptors (Lipinski definition) is 3. The molecule has 0 aromatic heterocycles. The van der Waals surface area contributed by atoms with Crippen LogP contribution in [0, 0.1) is 5.92 Å². The molecular weight excluding hydrogens is 324 g/mol. The first kappa shape index (κ1) is 22.7. The molecule has 26 heavy (non-hydrogen) atoms. The molecule has 0 amide bonds. The Hall–Kier alpha value is -1.35. The molecule has 0 aliphatic carbocycles. The van der Waals surface area contributed by atoms with E-state index in [9.17, 15) is 9.90 Å². The maximum absolute atomic E-state index is 11.8. The largest absolute Gasteiger partial charge is 0.461 e. The Morgan fingerprint density at radius 3 is 2.19 bits per heavy atom. The van der Waals surface area contributed by atoms with Crippen LogP contribution in [0.4, 0.5) is 0 Å². The predicted octanol–water partition coefficient (Wildman–Crippen LogP) is 6.04. The van der Waals surface area contributed by atoms with E-state index in [0.717, 1.165) is 24.8 Å². The van der Waals surface area contributed by atoms with Gasteiger partial charge in [0.25, 0.3) is 0 Å². The van der Waals surface area contributed by atoms with Crippen molar-refractivity contribution in [3.63, 3.8) is 0 Å². The molecule has 0 heterocycles. The van der Waals surface area contributed by atoms with Crippen LogP contribution in [-0.4, -0.2) is 17.7 Å². The number of aliphatic hydroxyl groups is 1. The van der Waals surface area contributed by atoms with Crippen LogP contribution in [0.2, 0.25) is 0 Å². The SMILES string of the molecule is CCCCCCCCCCC(CO)CCCC(=O)OCc1ccccc1. The number of esters is 1. The van der Waals surface area contributed by atoms with Crippen LogP contribution in [0.15, 0.2) is 30.3 Å². The van der Waals surface area contributed by atoms with Crippen molar-refractivity contribution < 1.29 is 14.6 Å². The van der Waals surface area contributed by atoms with Crippen molar-refractivity contribution in [2.24, 2.45) is 5.92 Å². The Kier molecular flexibility index (Phi) is 13.8. The number of rotatable bonds is 16. The molecule has 1 atom stereocenters. The number of carbonyl (C=O) groups excluding carboxylic acids is 1. The van der Waals surface area contributed by atoms with Crippen LogP contribution in [0.1, 0.15) is 89.5 Å². The van der Waals surface area contributed by atoms with Gasteiger partial charge in [0.05, 0.1) is 0 Å². The summed E-state index contributed by atoms with van der Waals surface area (Å²) in [6, 6.07) is 9.75. The van der Waals surface area contributed by atoms with Gasteiger partial charge < -0.3 is 9.84 Å². The van der Waals surface area contributed by atoms with E-state index < -0.39 is 0 Å². The lowest BCUT2D eigenvalue weighted by Crippen LogP contribution is -2.09. The third-order valence-electron chi connectivity index (χ3n) is 4.96. The molecule has 1 aromatic rings. The molecule has 0 saturated heterocycles. The number of carbonyl (C=O) groups is 1. The van der Waals surface area contributed by atoms with Gasteiger partial charge in [-0.2, -0.15) is 0 Å². The quantitative estimate of drug-likeness (QED) is 0.288. The van der Waals surface area contributed by atoms with Crippen LogP contribution in [0.3, 0.4) is 0 Å². The Morgan fingerprint density at radius 1 is 0.923 bits per heavy atom. The zero-order chi connectivity index (χ0) is 18.9. The summed E-state index contributed by atoms with van der Waals surface area (Å²) in [5.41, 5.74) is 1.02. The molecule has 148 valence electrons. The second kappa shape index (κ2) is 15.9. The van der Waals surface area contributed by atoms with Crippen molar-refractivity contribution in [1.82, 2.24) is 0 Å². The van der Waals surface area contributed by atoms with E-state index in [0.29, 0.717) is 18.9 Å². The van der Waals surface area contributed by atoms with Crippen molar-refractivity contribution in [2.75, 3.05) is 6.61 Å². The summed E-state index contributed by atoms with van der Waals surface area (Å²) in [6.07, 6.45) is 13.7. The molecule has 0 saturated carbocycles. The Labute approximate surface area is 160 Å². The van der Waals surface area contributed by atoms with E-state index in [2.05, 4.69) is 6.92 Å². The Bertz CT molecular complexity index is 444. The van der Waals surface area contributed by atoms with Gasteiger partial charge in [-0.3, -0.25) is 4.79 Å². The fraction of sp³-hybridized carbons (Fsp3) is 0.696. The highest BCUT2D eigenvalue weighted by atomic mass is 16.5. The highest BCUT2D eigenvalue weighted by Crippen LogP contribution is 2.18. The van der Waals surface area contributed by atoms with Gasteiger partial charge in [-0.05, 0) is 30.7 Å². The molecule has 1 unspecified atom stereocenters. The van der Waals surface area contributed by atoms with Gasteiger partial charge in [-0.15, -0.1) is 0 Å². The average molecular weight is 363 g/mol. The molecule has 0 spiro atoms. The minimum Gasteiger partial charge on any atom is -0.461 e. The molecule has 0 aliphatic rings. The van der Waals surface area contributed by atoms with Gasteiger partial charge in [-0.25, -0.2) is 0 Å². The minimum atomic E-state index is -0.141. The first-order valence-corrected chi connectivity index (χ1v) is 10.6. The summed E-state index contributed by atoms with van der Waals surface area (Å²) in [5.74, 6) is 0.189. The summed E-state index contributed by atoms with van der Waals surface area (Å²) in [6.45, 7) is 2.83. The van der Waals surface area contributed by atoms with Gasteiger partial charge >= 0.3 is 5.97 Å². The molecule has 1 rings (SSSR count). The van der Waals surface area contributed by atoms with Crippen molar-refractivity contribution >= 4 is 5.97 Å². The highest BCUT2D eigenvalue weighted by Gasteiger charge is 2.10. The molecule has 3 heteroatoms. The lowest BCUT2D eigenvalue weighted by Gasteiger charge is -2.13. The van der Waals surface area contributed by atoms with E-state index >= 15 is 0 Å². The summed E-state index contributed by atoms with van der Waals surface area (Å²) in [5, 5.41) is 9.53. The van der Waals surface area contributed by atoms with Gasteiger partial charge in [0.1, 0.15) is 6.61 Å². The van der Waals surface area contributed by atoms with Crippen LogP contribution >= 0.6 is 0 Å². The van der Waals surface area contributed by atoms with E-state index in [1.54, 1.807) is 0 Å². The third kappa shape index (κ3) is 12.1. The summed E-state index contributed by atoms with van der Waals surface area (Å²) < 4.78 is 5.30. The fourth-order valence-electron chi connectivity index (χ4n) is 3.24. The number of ether oxygens (including phenoxy) is 1. The number of aliphatic hydroxyl groups excluding tert-OH is 1. The maximum atomic E-state index is 11.8. The molecule has 0 aliphatic heterocycles. The van der Waals surface area contributed by atoms with Gasteiger partial charge in [0.2, 0.25) is 0 Å². The normalized spacial score (nSPS) is 12.1. The summed E-state index contributed by atoms with van der Waals surface area (Å²) in [7, 11) is 0. The topological polar surface area (TPSA) is 46.5 Å². The number of unbranched alkanes of at least 4 members (excludes halogenated alkanes) is 7. The molecule has 0 fully saturated rings. The highest BCUT2D eigenvalue weighted by molar-refractivity contribution is 5.69. The first-order valence-electron chi connectivity index (χ1n) is 10.6. The van der Waals surface area contributed by atoms with Crippen molar-refractivity contribution in [3.8, 4) is 0 Å². The van der Waals surface area contributed by atoms with Crippen molar-refractivity contribution in [1.29, 1.82) is 0 Å². The molecule has 3 nitrogen and oxygen atoms in total. The second-order valence-corrected chi connectivity index (χ2v) is 7.35. The Balaban J connectivity index is 2.00. The Morgan fingerprint density at radius 2 is 1.54 bits per heavy atom. The maximum Gasteiger partial charge on any atom is 0.306 e. The molecule has 0 bridgehead atoms. The van der Waals surface area contributed by atoms with Crippen molar-refractivity contribution in [3.05, 3.63) is 35.9 Å². The molecule has 1 aromatic carbocycles. The van der Waals surface area contributed by atoms with E-state index in [1.165, 1.54) is 51.4 Å². The van der Waals surface area contributed by atoms with Crippen LogP contribution in [0.5, 0.6) is 0 Å². The van der Waals surface area contributed by atoms with Crippen molar-refractivity contribution in [2.45, 2.75) is 90.6 Å². The number of benzene rings is 1. The van der Waals surface area contributed by atoms with Gasteiger partial charge in [0, 0.05) is 13.0 Å². The minimum absolute atomic E-state index is 0.141. The van der Waals surface area contributed by atoms with Crippen LogP contribution in [-0.2, 0) is 16.1 Å². The fourth-order valence-corrected chi connectivity index (χ4v) is 3.24. The van der Waals surface area contributed by atoms with Crippen LogP contribution in [0.25, 0.3) is 0 Å². The second-order valence-electron chi connectivity index (χ2n) is 7.35. The standard InChI is InChI=1S/C23H38O3/c1-2-3-4-5-6-7-8-10-14-21(19-24)17-13-18-23(25)26-20-22-15-11-9-12-16-22/h9,11-12,15-16,21,24H,2-8,10,13-14,17-20H2,1H3.